The molecule has 208 valence electrons. The Morgan fingerprint density at radius 1 is 0.972 bits per heavy atom. The summed E-state index contributed by atoms with van der Waals surface area (Å²) in [5.74, 6) is 0. The first-order valence-corrected chi connectivity index (χ1v) is 14.0. The van der Waals surface area contributed by atoms with E-state index in [4.69, 9.17) is 14.3 Å². The normalized spacial score (nSPS) is 22.0. The van der Waals surface area contributed by atoms with E-state index in [1.54, 1.807) is 5.06 Å². The molecule has 4 atom stereocenters. The maximum Gasteiger partial charge on any atom is 0.330 e. The molecule has 1 aromatic rings. The van der Waals surface area contributed by atoms with Crippen molar-refractivity contribution in [3.63, 3.8) is 0 Å². The molecule has 1 aromatic heterocycles. The lowest BCUT2D eigenvalue weighted by molar-refractivity contribution is -0.179. The van der Waals surface area contributed by atoms with Crippen molar-refractivity contribution in [1.29, 1.82) is 0 Å². The van der Waals surface area contributed by atoms with Crippen LogP contribution in [0.15, 0.2) is 21.9 Å². The molecule has 0 radical (unpaired) electrons. The van der Waals surface area contributed by atoms with E-state index in [2.05, 4.69) is 11.9 Å². The van der Waals surface area contributed by atoms with Crippen molar-refractivity contribution in [2.75, 3.05) is 27.3 Å². The summed E-state index contributed by atoms with van der Waals surface area (Å²) in [4.78, 5) is 31.5. The molecule has 0 saturated carbocycles. The number of rotatable bonds is 20. The van der Waals surface area contributed by atoms with Crippen LogP contribution in [0.3, 0.4) is 0 Å². The van der Waals surface area contributed by atoms with Crippen molar-refractivity contribution in [2.45, 2.75) is 121 Å². The standard InChI is InChI=1S/C27H49N3O6/c1-4-5-6-7-8-9-10-11-12-13-14-15-16-17-19-29(2)35-21-22-24(32)25(34-3)26(36-22)30-20-18-23(31)28-27(30)33/h18,20,22,24-26,32H,4-17,19,21H2,1-3H3,(H,28,31,33)/t22-,24-,25-,26-/m1/s1. The third kappa shape index (κ3) is 10.8. The van der Waals surface area contributed by atoms with Gasteiger partial charge in [0.2, 0.25) is 0 Å². The Morgan fingerprint density at radius 3 is 2.06 bits per heavy atom. The van der Waals surface area contributed by atoms with E-state index in [1.165, 1.54) is 107 Å². The van der Waals surface area contributed by atoms with Gasteiger partial charge >= 0.3 is 5.69 Å². The van der Waals surface area contributed by atoms with E-state index in [0.717, 1.165) is 13.0 Å². The van der Waals surface area contributed by atoms with Gasteiger partial charge in [0, 0.05) is 33.0 Å². The predicted octanol–water partition coefficient (Wildman–Crippen LogP) is 4.15. The average Bonchev–Trinajstić information content (AvgIpc) is 3.17. The first kappa shape index (κ1) is 30.7. The second-order valence-electron chi connectivity index (χ2n) is 10.0. The van der Waals surface area contributed by atoms with Crippen molar-refractivity contribution in [1.82, 2.24) is 14.6 Å². The summed E-state index contributed by atoms with van der Waals surface area (Å²) in [6.45, 7) is 3.21. The lowest BCUT2D eigenvalue weighted by atomic mass is 10.0. The number of unbranched alkanes of at least 4 members (excludes halogenated alkanes) is 13. The van der Waals surface area contributed by atoms with Crippen LogP contribution >= 0.6 is 0 Å². The zero-order valence-corrected chi connectivity index (χ0v) is 22.7. The van der Waals surface area contributed by atoms with E-state index in [-0.39, 0.29) is 6.61 Å². The predicted molar refractivity (Wildman–Crippen MR) is 141 cm³/mol. The maximum absolute atomic E-state index is 12.1. The van der Waals surface area contributed by atoms with E-state index >= 15 is 0 Å². The molecular weight excluding hydrogens is 462 g/mol. The van der Waals surface area contributed by atoms with Gasteiger partial charge in [0.15, 0.2) is 6.23 Å². The van der Waals surface area contributed by atoms with Crippen LogP contribution in [0.25, 0.3) is 0 Å². The smallest absolute Gasteiger partial charge is 0.330 e. The van der Waals surface area contributed by atoms with Crippen LogP contribution in [0, 0.1) is 0 Å². The number of hydrogen-bond acceptors (Lipinski definition) is 7. The lowest BCUT2D eigenvalue weighted by Crippen LogP contribution is -2.39. The SMILES string of the molecule is CCCCCCCCCCCCCCCCN(C)OC[C@H]1O[C@@H](n2ccc(=O)[nH]c2=O)[C@H](OC)[C@@H]1O. The number of H-pyrrole nitrogens is 1. The second-order valence-corrected chi connectivity index (χ2v) is 10.0. The number of methoxy groups -OCH3 is 1. The number of aliphatic hydroxyl groups excluding tert-OH is 1. The van der Waals surface area contributed by atoms with Gasteiger partial charge in [-0.15, -0.1) is 0 Å². The van der Waals surface area contributed by atoms with Gasteiger partial charge < -0.3 is 14.6 Å². The van der Waals surface area contributed by atoms with E-state index in [1.807, 2.05) is 7.05 Å². The summed E-state index contributed by atoms with van der Waals surface area (Å²) in [6, 6.07) is 1.23. The fourth-order valence-corrected chi connectivity index (χ4v) is 4.76. The summed E-state index contributed by atoms with van der Waals surface area (Å²) in [7, 11) is 3.33. The number of ether oxygens (including phenoxy) is 2. The van der Waals surface area contributed by atoms with Gasteiger partial charge in [0.25, 0.3) is 5.56 Å². The molecule has 0 unspecified atom stereocenters. The average molecular weight is 512 g/mol. The Bertz CT molecular complexity index is 813. The molecule has 1 saturated heterocycles. The van der Waals surface area contributed by atoms with Crippen LogP contribution in [0.4, 0.5) is 0 Å². The minimum atomic E-state index is -0.965. The maximum atomic E-state index is 12.1. The largest absolute Gasteiger partial charge is 0.387 e. The third-order valence-electron chi connectivity index (χ3n) is 7.00. The minimum Gasteiger partial charge on any atom is -0.387 e. The number of hydroxylamine groups is 2. The van der Waals surface area contributed by atoms with Gasteiger partial charge in [0.05, 0.1) is 6.61 Å². The lowest BCUT2D eigenvalue weighted by Gasteiger charge is -2.21. The highest BCUT2D eigenvalue weighted by atomic mass is 16.7. The van der Waals surface area contributed by atoms with Crippen molar-refractivity contribution in [3.05, 3.63) is 33.1 Å². The highest BCUT2D eigenvalue weighted by molar-refractivity contribution is 4.93. The number of aromatic amines is 1. The molecular formula is C27H49N3O6. The monoisotopic (exact) mass is 511 g/mol. The molecule has 2 N–H and O–H groups in total. The first-order chi connectivity index (χ1) is 17.5. The summed E-state index contributed by atoms with van der Waals surface area (Å²) in [5.41, 5.74) is -1.10. The fraction of sp³-hybridized carbons (Fsp3) is 0.852. The topological polar surface area (TPSA) is 106 Å². The van der Waals surface area contributed by atoms with Gasteiger partial charge in [-0.1, -0.05) is 90.4 Å². The quantitative estimate of drug-likeness (QED) is 0.200. The third-order valence-corrected chi connectivity index (χ3v) is 7.00. The highest BCUT2D eigenvalue weighted by Gasteiger charge is 2.45. The number of nitrogens with zero attached hydrogens (tertiary/aromatic N) is 2. The summed E-state index contributed by atoms with van der Waals surface area (Å²) < 4.78 is 12.5. The molecule has 9 heteroatoms. The van der Waals surface area contributed by atoms with Crippen LogP contribution in [0.5, 0.6) is 0 Å². The molecule has 0 bridgehead atoms. The van der Waals surface area contributed by atoms with Crippen molar-refractivity contribution in [3.8, 4) is 0 Å². The van der Waals surface area contributed by atoms with Crippen LogP contribution in [-0.4, -0.2) is 65.3 Å². The molecule has 2 heterocycles. The zero-order valence-electron chi connectivity index (χ0n) is 22.7. The second kappa shape index (κ2) is 17.9. The molecule has 1 fully saturated rings. The molecule has 1 aliphatic rings. The summed E-state index contributed by atoms with van der Waals surface area (Å²) in [6.07, 6.45) is 16.7. The Kier molecular flexibility index (Phi) is 15.2. The number of aliphatic hydroxyl groups is 1. The van der Waals surface area contributed by atoms with E-state index in [0.29, 0.717) is 0 Å². The Hall–Kier alpha value is -1.52. The Labute approximate surface area is 216 Å². The molecule has 1 aliphatic heterocycles. The van der Waals surface area contributed by atoms with Gasteiger partial charge in [-0.05, 0) is 6.42 Å². The van der Waals surface area contributed by atoms with Crippen molar-refractivity contribution in [2.24, 2.45) is 0 Å². The van der Waals surface area contributed by atoms with Crippen LogP contribution in [0.1, 0.15) is 103 Å². The zero-order chi connectivity index (χ0) is 26.2. The summed E-state index contributed by atoms with van der Waals surface area (Å²) >= 11 is 0. The van der Waals surface area contributed by atoms with Gasteiger partial charge in [-0.2, -0.15) is 5.06 Å². The molecule has 0 aliphatic carbocycles. The number of aromatic nitrogens is 2. The minimum absolute atomic E-state index is 0.144. The van der Waals surface area contributed by atoms with Crippen molar-refractivity contribution < 1.29 is 19.4 Å². The molecule has 0 aromatic carbocycles. The first-order valence-electron chi connectivity index (χ1n) is 14.0. The van der Waals surface area contributed by atoms with Crippen molar-refractivity contribution >= 4 is 0 Å². The number of hydrogen-bond donors (Lipinski definition) is 2. The molecule has 0 spiro atoms. The van der Waals surface area contributed by atoms with E-state index in [9.17, 15) is 14.7 Å². The summed E-state index contributed by atoms with van der Waals surface area (Å²) in [5, 5.41) is 12.4. The van der Waals surface area contributed by atoms with Crippen LogP contribution < -0.4 is 11.2 Å². The highest BCUT2D eigenvalue weighted by Crippen LogP contribution is 2.30. The Balaban J connectivity index is 1.53. The van der Waals surface area contributed by atoms with Crippen LogP contribution in [0.2, 0.25) is 0 Å². The molecule has 2 rings (SSSR count). The van der Waals surface area contributed by atoms with Gasteiger partial charge in [-0.25, -0.2) is 4.79 Å². The van der Waals surface area contributed by atoms with Gasteiger partial charge in [0.1, 0.15) is 18.3 Å². The molecule has 36 heavy (non-hydrogen) atoms. The molecule has 0 amide bonds. The molecule has 9 nitrogen and oxygen atoms in total. The Morgan fingerprint density at radius 2 is 1.53 bits per heavy atom. The fourth-order valence-electron chi connectivity index (χ4n) is 4.76. The van der Waals surface area contributed by atoms with Gasteiger partial charge in [-0.3, -0.25) is 19.2 Å². The van der Waals surface area contributed by atoms with E-state index < -0.39 is 35.8 Å². The number of nitrogens with one attached hydrogen (secondary N) is 1. The van der Waals surface area contributed by atoms with Crippen LogP contribution in [-0.2, 0) is 14.3 Å².